The fourth-order valence-corrected chi connectivity index (χ4v) is 7.87. The highest BCUT2D eigenvalue weighted by molar-refractivity contribution is 8.00. The van der Waals surface area contributed by atoms with Gasteiger partial charge in [-0.2, -0.15) is 0 Å². The van der Waals surface area contributed by atoms with Crippen molar-refractivity contribution in [3.63, 3.8) is 0 Å². The van der Waals surface area contributed by atoms with Crippen molar-refractivity contribution in [2.45, 2.75) is 26.3 Å². The molecule has 0 aromatic heterocycles. The van der Waals surface area contributed by atoms with Crippen LogP contribution in [0, 0.1) is 0 Å². The molecule has 3 amide bonds. The maximum absolute atomic E-state index is 13.8. The summed E-state index contributed by atoms with van der Waals surface area (Å²) in [5.74, 6) is 1.27. The zero-order chi connectivity index (χ0) is 32.0. The number of allylic oxidation sites excluding steroid dienone is 2. The Kier molecular flexibility index (Phi) is 9.12. The van der Waals surface area contributed by atoms with Gasteiger partial charge >= 0.3 is 6.03 Å². The van der Waals surface area contributed by atoms with E-state index >= 15 is 0 Å². The molecule has 5 aromatic carbocycles. The van der Waals surface area contributed by atoms with Crippen LogP contribution in [0.2, 0.25) is 0 Å². The number of nitrogens with zero attached hydrogens (tertiary/aromatic N) is 1. The topological polar surface area (TPSA) is 70.7 Å². The molecule has 0 saturated carbocycles. The SMILES string of the molecule is O=C(Nc1ccc(Oc2ccccc2)cc1)C(Sc1cccc(NC(=O)N2c3ccccc3SC3C=CC=CC32)c1)c1ccccc1. The number of ether oxygens (including phenoxy) is 1. The second-order valence-electron chi connectivity index (χ2n) is 11.0. The van der Waals surface area contributed by atoms with E-state index in [2.05, 4.69) is 28.9 Å². The Bertz CT molecular complexity index is 1930. The molecule has 0 bridgehead atoms. The van der Waals surface area contributed by atoms with Gasteiger partial charge < -0.3 is 15.4 Å². The van der Waals surface area contributed by atoms with Gasteiger partial charge in [-0.25, -0.2) is 4.79 Å². The van der Waals surface area contributed by atoms with Crippen LogP contribution in [-0.2, 0) is 4.79 Å². The van der Waals surface area contributed by atoms with E-state index in [0.717, 1.165) is 26.8 Å². The largest absolute Gasteiger partial charge is 0.457 e. The fraction of sp³-hybridized carbons (Fsp3) is 0.0769. The van der Waals surface area contributed by atoms with Crippen molar-refractivity contribution in [2.24, 2.45) is 0 Å². The van der Waals surface area contributed by atoms with Crippen LogP contribution in [0.15, 0.2) is 168 Å². The molecule has 1 aliphatic heterocycles. The predicted octanol–water partition coefficient (Wildman–Crippen LogP) is 9.96. The number of benzene rings is 5. The molecule has 7 rings (SSSR count). The number of carbonyl (C=O) groups excluding carboxylic acids is 2. The average molecular weight is 654 g/mol. The molecule has 3 atom stereocenters. The summed E-state index contributed by atoms with van der Waals surface area (Å²) in [4.78, 5) is 31.4. The van der Waals surface area contributed by atoms with E-state index in [1.54, 1.807) is 11.8 Å². The van der Waals surface area contributed by atoms with E-state index in [-0.39, 0.29) is 23.2 Å². The normalized spacial score (nSPS) is 16.8. The summed E-state index contributed by atoms with van der Waals surface area (Å²) >= 11 is 3.20. The highest BCUT2D eigenvalue weighted by atomic mass is 32.2. The highest BCUT2D eigenvalue weighted by Crippen LogP contribution is 2.44. The predicted molar refractivity (Wildman–Crippen MR) is 193 cm³/mol. The van der Waals surface area contributed by atoms with Crippen molar-refractivity contribution in [3.8, 4) is 11.5 Å². The van der Waals surface area contributed by atoms with Crippen LogP contribution in [0.25, 0.3) is 0 Å². The summed E-state index contributed by atoms with van der Waals surface area (Å²) < 4.78 is 5.90. The van der Waals surface area contributed by atoms with E-state index in [0.29, 0.717) is 17.1 Å². The van der Waals surface area contributed by atoms with Gasteiger partial charge in [-0.3, -0.25) is 9.69 Å². The highest BCUT2D eigenvalue weighted by Gasteiger charge is 2.36. The molecule has 0 saturated heterocycles. The molecule has 8 heteroatoms. The third-order valence-corrected chi connectivity index (χ3v) is 10.3. The second kappa shape index (κ2) is 14.1. The number of hydrogen-bond donors (Lipinski definition) is 2. The van der Waals surface area contributed by atoms with Crippen LogP contribution in [0.1, 0.15) is 10.8 Å². The number of nitrogens with one attached hydrogen (secondary N) is 2. The Morgan fingerprint density at radius 3 is 2.21 bits per heavy atom. The van der Waals surface area contributed by atoms with Gasteiger partial charge in [0.1, 0.15) is 16.7 Å². The second-order valence-corrected chi connectivity index (χ2v) is 13.4. The number of rotatable bonds is 8. The zero-order valence-corrected chi connectivity index (χ0v) is 26.9. The number of fused-ring (bicyclic) bond motifs is 2. The van der Waals surface area contributed by atoms with Gasteiger partial charge in [0.15, 0.2) is 0 Å². The summed E-state index contributed by atoms with van der Waals surface area (Å²) in [6.45, 7) is 0. The van der Waals surface area contributed by atoms with Gasteiger partial charge in [0, 0.05) is 21.2 Å². The summed E-state index contributed by atoms with van der Waals surface area (Å²) in [6, 6.07) is 41.9. The maximum atomic E-state index is 13.8. The maximum Gasteiger partial charge on any atom is 0.326 e. The first-order valence-electron chi connectivity index (χ1n) is 15.3. The van der Waals surface area contributed by atoms with Crippen LogP contribution in [0.4, 0.5) is 21.9 Å². The van der Waals surface area contributed by atoms with Crippen molar-refractivity contribution >= 4 is 52.5 Å². The first-order chi connectivity index (χ1) is 23.1. The van der Waals surface area contributed by atoms with Crippen molar-refractivity contribution in [2.75, 3.05) is 15.5 Å². The van der Waals surface area contributed by atoms with Crippen molar-refractivity contribution in [1.82, 2.24) is 0 Å². The zero-order valence-electron chi connectivity index (χ0n) is 25.2. The number of anilines is 3. The monoisotopic (exact) mass is 653 g/mol. The van der Waals surface area contributed by atoms with Crippen LogP contribution < -0.4 is 20.3 Å². The summed E-state index contributed by atoms with van der Waals surface area (Å²) in [5.41, 5.74) is 3.09. The van der Waals surface area contributed by atoms with Gasteiger partial charge in [0.2, 0.25) is 5.91 Å². The Morgan fingerprint density at radius 2 is 1.40 bits per heavy atom. The molecule has 232 valence electrons. The van der Waals surface area contributed by atoms with Gasteiger partial charge in [-0.05, 0) is 72.3 Å². The van der Waals surface area contributed by atoms with Crippen molar-refractivity contribution in [1.29, 1.82) is 0 Å². The van der Waals surface area contributed by atoms with Gasteiger partial charge in [-0.1, -0.05) is 91.0 Å². The Morgan fingerprint density at radius 1 is 0.702 bits per heavy atom. The molecule has 3 unspecified atom stereocenters. The van der Waals surface area contributed by atoms with Crippen molar-refractivity contribution < 1.29 is 14.3 Å². The summed E-state index contributed by atoms with van der Waals surface area (Å²) in [6.07, 6.45) is 8.25. The number of hydrogen-bond acceptors (Lipinski definition) is 5. The number of urea groups is 1. The molecule has 0 radical (unpaired) electrons. The third-order valence-electron chi connectivity index (χ3n) is 7.74. The lowest BCUT2D eigenvalue weighted by Crippen LogP contribution is -2.49. The van der Waals surface area contributed by atoms with E-state index in [4.69, 9.17) is 4.74 Å². The smallest absolute Gasteiger partial charge is 0.326 e. The Balaban J connectivity index is 1.07. The van der Waals surface area contributed by atoms with Crippen molar-refractivity contribution in [3.05, 3.63) is 163 Å². The minimum absolute atomic E-state index is 0.0948. The molecule has 5 aromatic rings. The number of carbonyl (C=O) groups is 2. The first-order valence-corrected chi connectivity index (χ1v) is 17.0. The fourth-order valence-electron chi connectivity index (χ4n) is 5.53. The number of thioether (sulfide) groups is 2. The van der Waals surface area contributed by atoms with Gasteiger partial charge in [-0.15, -0.1) is 23.5 Å². The van der Waals surface area contributed by atoms with Crippen LogP contribution in [-0.4, -0.2) is 23.2 Å². The lowest BCUT2D eigenvalue weighted by molar-refractivity contribution is -0.115. The molecule has 1 heterocycles. The lowest BCUT2D eigenvalue weighted by atomic mass is 10.1. The van der Waals surface area contributed by atoms with Crippen LogP contribution in [0.3, 0.4) is 0 Å². The minimum Gasteiger partial charge on any atom is -0.457 e. The number of para-hydroxylation sites is 2. The van der Waals surface area contributed by atoms with E-state index in [9.17, 15) is 9.59 Å². The molecular formula is C39H31N3O3S2. The Hall–Kier alpha value is -5.18. The molecule has 0 fully saturated rings. The molecule has 1 aliphatic carbocycles. The molecular weight excluding hydrogens is 623 g/mol. The molecule has 6 nitrogen and oxygen atoms in total. The molecule has 47 heavy (non-hydrogen) atoms. The lowest BCUT2D eigenvalue weighted by Gasteiger charge is -2.40. The molecule has 2 aliphatic rings. The first kappa shape index (κ1) is 30.5. The quantitative estimate of drug-likeness (QED) is 0.163. The van der Waals surface area contributed by atoms with Crippen LogP contribution >= 0.6 is 23.5 Å². The summed E-state index contributed by atoms with van der Waals surface area (Å²) in [5, 5.41) is 5.80. The van der Waals surface area contributed by atoms with Gasteiger partial charge in [0.25, 0.3) is 0 Å². The average Bonchev–Trinajstić information content (AvgIpc) is 3.11. The van der Waals surface area contributed by atoms with Crippen LogP contribution in [0.5, 0.6) is 11.5 Å². The molecule has 2 N–H and O–H groups in total. The Labute approximate surface area is 282 Å². The van der Waals surface area contributed by atoms with Gasteiger partial charge in [0.05, 0.1) is 17.0 Å². The third kappa shape index (κ3) is 7.14. The summed E-state index contributed by atoms with van der Waals surface area (Å²) in [7, 11) is 0. The van der Waals surface area contributed by atoms with E-state index in [1.165, 1.54) is 11.8 Å². The number of amides is 3. The standard InChI is InChI=1S/C39H31N3O3S2/c43-38(40-28-22-24-31(25-23-28)45-30-15-5-2-6-16-30)37(27-12-3-1-4-13-27)46-32-17-11-14-29(26-32)41-39(44)42-33-18-7-9-20-35(33)47-36-21-10-8-19-34(36)42/h1-26,33,35,37H,(H,40,43)(H,41,44). The van der Waals surface area contributed by atoms with E-state index < -0.39 is 5.25 Å². The van der Waals surface area contributed by atoms with E-state index in [1.807, 2.05) is 144 Å². The molecule has 0 spiro atoms. The minimum atomic E-state index is -0.534.